The lowest BCUT2D eigenvalue weighted by Gasteiger charge is -2.22. The van der Waals surface area contributed by atoms with Crippen LogP contribution in [0, 0.1) is 0 Å². The third-order valence-corrected chi connectivity index (χ3v) is 3.00. The number of nitrogens with one attached hydrogen (secondary N) is 2. The highest BCUT2D eigenvalue weighted by molar-refractivity contribution is 5.82. The minimum atomic E-state index is -5.03. The number of carbonyl (C=O) groups is 2. The molecular formula is C12H14F6N2O2. The van der Waals surface area contributed by atoms with Gasteiger partial charge in [0.15, 0.2) is 0 Å². The summed E-state index contributed by atoms with van der Waals surface area (Å²) in [5.41, 5.74) is 0. The summed E-state index contributed by atoms with van der Waals surface area (Å²) >= 11 is 0. The lowest BCUT2D eigenvalue weighted by Crippen LogP contribution is -2.44. The van der Waals surface area contributed by atoms with Gasteiger partial charge in [-0.25, -0.2) is 0 Å². The van der Waals surface area contributed by atoms with Crippen molar-refractivity contribution in [2.24, 2.45) is 0 Å². The van der Waals surface area contributed by atoms with Gasteiger partial charge in [-0.3, -0.25) is 9.59 Å². The van der Waals surface area contributed by atoms with Crippen LogP contribution in [0.2, 0.25) is 0 Å². The molecule has 10 heteroatoms. The second kappa shape index (κ2) is 7.01. The Morgan fingerprint density at radius 2 is 1.09 bits per heavy atom. The first kappa shape index (κ1) is 18.3. The Kier molecular flexibility index (Phi) is 5.84. The third-order valence-electron chi connectivity index (χ3n) is 3.00. The monoisotopic (exact) mass is 332 g/mol. The maximum absolute atomic E-state index is 12.1. The highest BCUT2D eigenvalue weighted by Gasteiger charge is 2.40. The summed E-state index contributed by atoms with van der Waals surface area (Å²) in [6.45, 7) is 0. The van der Waals surface area contributed by atoms with Crippen molar-refractivity contribution in [1.82, 2.24) is 10.6 Å². The molecule has 0 aliphatic heterocycles. The number of hydrogen-bond donors (Lipinski definition) is 2. The van der Waals surface area contributed by atoms with Crippen molar-refractivity contribution in [1.29, 1.82) is 0 Å². The Labute approximate surface area is 121 Å². The summed E-state index contributed by atoms with van der Waals surface area (Å²) in [6, 6.07) is -1.89. The molecule has 0 spiro atoms. The predicted octanol–water partition coefficient (Wildman–Crippen LogP) is 2.21. The third kappa shape index (κ3) is 5.94. The van der Waals surface area contributed by atoms with Crippen LogP contribution in [-0.2, 0) is 9.59 Å². The van der Waals surface area contributed by atoms with E-state index in [-0.39, 0.29) is 12.8 Å². The Bertz CT molecular complexity index is 404. The van der Waals surface area contributed by atoms with Crippen LogP contribution < -0.4 is 10.6 Å². The molecule has 0 radical (unpaired) electrons. The fraction of sp³-hybridized carbons (Fsp3) is 0.667. The van der Waals surface area contributed by atoms with E-state index in [1.165, 1.54) is 12.2 Å². The molecule has 0 saturated carbocycles. The van der Waals surface area contributed by atoms with Gasteiger partial charge >= 0.3 is 24.2 Å². The standard InChI is InChI=1S/C12H14F6N2O2/c13-11(14,15)9(21)19-7-3-1-2-4-8(6-5-7)20-10(22)12(16,17)18/h5-8H,1-4H2,(H,19,21)(H,20,22)/b6-5+. The van der Waals surface area contributed by atoms with Gasteiger partial charge in [0.25, 0.3) is 0 Å². The Morgan fingerprint density at radius 1 is 0.773 bits per heavy atom. The van der Waals surface area contributed by atoms with Gasteiger partial charge in [0, 0.05) is 12.1 Å². The van der Waals surface area contributed by atoms with Crippen molar-refractivity contribution in [3.8, 4) is 0 Å². The van der Waals surface area contributed by atoms with Crippen LogP contribution >= 0.6 is 0 Å². The molecule has 2 atom stereocenters. The normalized spacial score (nSPS) is 24.8. The van der Waals surface area contributed by atoms with Gasteiger partial charge < -0.3 is 10.6 Å². The van der Waals surface area contributed by atoms with E-state index < -0.39 is 36.3 Å². The Hall–Kier alpha value is -1.74. The molecule has 22 heavy (non-hydrogen) atoms. The van der Waals surface area contributed by atoms with E-state index in [1.54, 1.807) is 10.6 Å². The predicted molar refractivity (Wildman–Crippen MR) is 63.6 cm³/mol. The first-order valence-electron chi connectivity index (χ1n) is 6.44. The van der Waals surface area contributed by atoms with E-state index in [4.69, 9.17) is 0 Å². The zero-order chi connectivity index (χ0) is 17.0. The second-order valence-electron chi connectivity index (χ2n) is 4.82. The molecule has 0 saturated heterocycles. The minimum Gasteiger partial charge on any atom is -0.342 e. The number of alkyl halides is 6. The first-order chi connectivity index (χ1) is 10.00. The molecule has 0 bridgehead atoms. The first-order valence-corrected chi connectivity index (χ1v) is 6.44. The van der Waals surface area contributed by atoms with Crippen LogP contribution in [0.1, 0.15) is 25.7 Å². The maximum atomic E-state index is 12.1. The molecule has 2 unspecified atom stereocenters. The molecule has 126 valence electrons. The van der Waals surface area contributed by atoms with Gasteiger partial charge in [-0.05, 0) is 12.8 Å². The highest BCUT2D eigenvalue weighted by Crippen LogP contribution is 2.19. The molecule has 1 aliphatic rings. The lowest BCUT2D eigenvalue weighted by molar-refractivity contribution is -0.174. The van der Waals surface area contributed by atoms with Crippen LogP contribution in [0.15, 0.2) is 12.2 Å². The molecule has 1 rings (SSSR count). The van der Waals surface area contributed by atoms with Crippen molar-refractivity contribution in [2.45, 2.75) is 50.1 Å². The smallest absolute Gasteiger partial charge is 0.342 e. The van der Waals surface area contributed by atoms with Gasteiger partial charge in [0.05, 0.1) is 0 Å². The van der Waals surface area contributed by atoms with Gasteiger partial charge in [-0.1, -0.05) is 25.0 Å². The van der Waals surface area contributed by atoms with Crippen molar-refractivity contribution in [3.05, 3.63) is 12.2 Å². The van der Waals surface area contributed by atoms with Crippen molar-refractivity contribution >= 4 is 11.8 Å². The molecule has 4 nitrogen and oxygen atoms in total. The van der Waals surface area contributed by atoms with Gasteiger partial charge in [-0.2, -0.15) is 26.3 Å². The summed E-state index contributed by atoms with van der Waals surface area (Å²) in [7, 11) is 0. The maximum Gasteiger partial charge on any atom is 0.471 e. The molecule has 2 amide bonds. The molecule has 2 N–H and O–H groups in total. The van der Waals surface area contributed by atoms with Crippen LogP contribution in [0.4, 0.5) is 26.3 Å². The summed E-state index contributed by atoms with van der Waals surface area (Å²) in [5, 5.41) is 3.49. The second-order valence-corrected chi connectivity index (χ2v) is 4.82. The van der Waals surface area contributed by atoms with Gasteiger partial charge in [0.2, 0.25) is 0 Å². The fourth-order valence-electron chi connectivity index (χ4n) is 1.93. The number of halogens is 6. The van der Waals surface area contributed by atoms with Gasteiger partial charge in [0.1, 0.15) is 0 Å². The van der Waals surface area contributed by atoms with Crippen LogP contribution in [0.25, 0.3) is 0 Å². The molecular weight excluding hydrogens is 318 g/mol. The Morgan fingerprint density at radius 3 is 1.36 bits per heavy atom. The quantitative estimate of drug-likeness (QED) is 0.602. The van der Waals surface area contributed by atoms with Crippen LogP contribution in [0.5, 0.6) is 0 Å². The summed E-state index contributed by atoms with van der Waals surface area (Å²) < 4.78 is 72.9. The molecule has 0 fully saturated rings. The van der Waals surface area contributed by atoms with Crippen molar-refractivity contribution in [3.63, 3.8) is 0 Å². The van der Waals surface area contributed by atoms with Gasteiger partial charge in [-0.15, -0.1) is 0 Å². The number of hydrogen-bond acceptors (Lipinski definition) is 2. The van der Waals surface area contributed by atoms with Crippen LogP contribution in [0.3, 0.4) is 0 Å². The van der Waals surface area contributed by atoms with E-state index in [2.05, 4.69) is 0 Å². The fourth-order valence-corrected chi connectivity index (χ4v) is 1.93. The zero-order valence-electron chi connectivity index (χ0n) is 11.2. The van der Waals surface area contributed by atoms with Crippen LogP contribution in [-0.4, -0.2) is 36.3 Å². The number of rotatable bonds is 2. The van der Waals surface area contributed by atoms with E-state index >= 15 is 0 Å². The largest absolute Gasteiger partial charge is 0.471 e. The molecule has 0 aromatic heterocycles. The van der Waals surface area contributed by atoms with E-state index in [9.17, 15) is 35.9 Å². The topological polar surface area (TPSA) is 58.2 Å². The number of carbonyl (C=O) groups excluding carboxylic acids is 2. The zero-order valence-corrected chi connectivity index (χ0v) is 11.2. The van der Waals surface area contributed by atoms with Crippen molar-refractivity contribution in [2.75, 3.05) is 0 Å². The summed E-state index contributed by atoms with van der Waals surface area (Å²) in [6.07, 6.45) is -6.43. The molecule has 0 aromatic carbocycles. The van der Waals surface area contributed by atoms with E-state index in [0.29, 0.717) is 12.8 Å². The lowest BCUT2D eigenvalue weighted by atomic mass is 9.99. The van der Waals surface area contributed by atoms with Crippen molar-refractivity contribution < 1.29 is 35.9 Å². The molecule has 0 aromatic rings. The summed E-state index contributed by atoms with van der Waals surface area (Å²) in [4.78, 5) is 21.7. The van der Waals surface area contributed by atoms with E-state index in [1.807, 2.05) is 0 Å². The summed E-state index contributed by atoms with van der Waals surface area (Å²) in [5.74, 6) is -4.22. The van der Waals surface area contributed by atoms with E-state index in [0.717, 1.165) is 0 Å². The highest BCUT2D eigenvalue weighted by atomic mass is 19.4. The average Bonchev–Trinajstić information content (AvgIpc) is 2.33. The Balaban J connectivity index is 2.67. The SMILES string of the molecule is O=C(NC1/C=C/C(NC(=O)C(F)(F)F)CCCC1)C(F)(F)F. The average molecular weight is 332 g/mol. The number of amides is 2. The molecule has 1 aliphatic carbocycles. The molecule has 0 heterocycles. The minimum absolute atomic E-state index is 0.234.